The zero-order valence-corrected chi connectivity index (χ0v) is 19.5. The Morgan fingerprint density at radius 2 is 1.76 bits per heavy atom. The molecule has 1 saturated carbocycles. The number of hydrogen-bond acceptors (Lipinski definition) is 3. The average Bonchev–Trinajstić information content (AvgIpc) is 3.39. The number of hydrogen-bond donors (Lipinski definition) is 1. The molecule has 1 aliphatic carbocycles. The molecule has 4 atom stereocenters. The van der Waals surface area contributed by atoms with Gasteiger partial charge < -0.3 is 4.90 Å². The van der Waals surface area contributed by atoms with Gasteiger partial charge in [0, 0.05) is 25.0 Å². The van der Waals surface area contributed by atoms with Crippen LogP contribution in [0.4, 0.5) is 13.2 Å². The van der Waals surface area contributed by atoms with Gasteiger partial charge in [0.2, 0.25) is 15.9 Å². The van der Waals surface area contributed by atoms with Crippen molar-refractivity contribution in [2.75, 3.05) is 12.8 Å². The van der Waals surface area contributed by atoms with Gasteiger partial charge in [-0.3, -0.25) is 4.79 Å². The van der Waals surface area contributed by atoms with E-state index in [1.807, 2.05) is 13.8 Å². The van der Waals surface area contributed by atoms with Crippen LogP contribution < -0.4 is 4.72 Å². The molecule has 0 radical (unpaired) electrons. The predicted octanol–water partition coefficient (Wildman–Crippen LogP) is 3.99. The van der Waals surface area contributed by atoms with Gasteiger partial charge in [-0.1, -0.05) is 44.2 Å². The molecule has 4 rings (SSSR count). The van der Waals surface area contributed by atoms with Crippen LogP contribution in [0, 0.1) is 23.5 Å². The summed E-state index contributed by atoms with van der Waals surface area (Å²) >= 11 is 0. The SMILES string of the molecule is CC(C)C(NS(C)(=O)=O)[C@@H]1CCN1C(=O)[C@@H]1C[C@@]1(F)c1ccccc1-c1c(F)cccc1F. The van der Waals surface area contributed by atoms with Crippen molar-refractivity contribution in [2.24, 2.45) is 11.8 Å². The molecule has 178 valence electrons. The number of nitrogens with zero attached hydrogens (tertiary/aromatic N) is 1. The summed E-state index contributed by atoms with van der Waals surface area (Å²) in [5.41, 5.74) is -2.19. The molecule has 2 aromatic carbocycles. The Morgan fingerprint density at radius 3 is 2.30 bits per heavy atom. The lowest BCUT2D eigenvalue weighted by atomic mass is 9.87. The van der Waals surface area contributed by atoms with Gasteiger partial charge in [-0.25, -0.2) is 26.3 Å². The second-order valence-electron chi connectivity index (χ2n) is 9.31. The number of alkyl halides is 1. The normalized spacial score (nSPS) is 25.6. The smallest absolute Gasteiger partial charge is 0.229 e. The van der Waals surface area contributed by atoms with Gasteiger partial charge in [-0.2, -0.15) is 0 Å². The summed E-state index contributed by atoms with van der Waals surface area (Å²) in [4.78, 5) is 14.8. The summed E-state index contributed by atoms with van der Waals surface area (Å²) in [5, 5.41) is 0. The summed E-state index contributed by atoms with van der Waals surface area (Å²) in [5.74, 6) is -3.06. The van der Waals surface area contributed by atoms with Crippen LogP contribution in [-0.4, -0.2) is 44.1 Å². The first-order valence-electron chi connectivity index (χ1n) is 10.9. The lowest BCUT2D eigenvalue weighted by Gasteiger charge is -2.47. The van der Waals surface area contributed by atoms with Gasteiger partial charge in [-0.05, 0) is 35.6 Å². The summed E-state index contributed by atoms with van der Waals surface area (Å²) in [6.45, 7) is 4.13. The highest BCUT2D eigenvalue weighted by Crippen LogP contribution is 2.59. The molecule has 1 aliphatic heterocycles. The van der Waals surface area contributed by atoms with Crippen molar-refractivity contribution in [2.45, 2.75) is 44.4 Å². The maximum absolute atomic E-state index is 16.0. The maximum atomic E-state index is 16.0. The van der Waals surface area contributed by atoms with E-state index in [2.05, 4.69) is 4.72 Å². The van der Waals surface area contributed by atoms with Crippen LogP contribution in [0.25, 0.3) is 11.1 Å². The molecule has 1 N–H and O–H groups in total. The van der Waals surface area contributed by atoms with Crippen LogP contribution >= 0.6 is 0 Å². The van der Waals surface area contributed by atoms with Crippen molar-refractivity contribution in [1.29, 1.82) is 0 Å². The predicted molar refractivity (Wildman–Crippen MR) is 119 cm³/mol. The maximum Gasteiger partial charge on any atom is 0.229 e. The first-order valence-corrected chi connectivity index (χ1v) is 12.8. The van der Waals surface area contributed by atoms with Gasteiger partial charge >= 0.3 is 0 Å². The number of benzene rings is 2. The van der Waals surface area contributed by atoms with Crippen LogP contribution in [-0.2, 0) is 20.5 Å². The molecule has 2 fully saturated rings. The number of halogens is 3. The number of rotatable bonds is 7. The first kappa shape index (κ1) is 23.8. The van der Waals surface area contributed by atoms with Gasteiger partial charge in [0.05, 0.1) is 17.7 Å². The van der Waals surface area contributed by atoms with Gasteiger partial charge in [0.15, 0.2) is 0 Å². The van der Waals surface area contributed by atoms with Crippen molar-refractivity contribution in [3.8, 4) is 11.1 Å². The fourth-order valence-electron chi connectivity index (χ4n) is 4.80. The molecule has 1 heterocycles. The number of carbonyl (C=O) groups is 1. The highest BCUT2D eigenvalue weighted by atomic mass is 32.2. The van der Waals surface area contributed by atoms with Gasteiger partial charge in [-0.15, -0.1) is 0 Å². The van der Waals surface area contributed by atoms with E-state index in [1.54, 1.807) is 12.1 Å². The highest BCUT2D eigenvalue weighted by molar-refractivity contribution is 7.88. The van der Waals surface area contributed by atoms with Crippen LogP contribution in [0.15, 0.2) is 42.5 Å². The topological polar surface area (TPSA) is 66.5 Å². The molecule has 0 aromatic heterocycles. The molecular formula is C24H27F3N2O3S. The second-order valence-corrected chi connectivity index (χ2v) is 11.1. The van der Waals surface area contributed by atoms with Crippen LogP contribution in [0.5, 0.6) is 0 Å². The molecule has 2 aromatic rings. The van der Waals surface area contributed by atoms with E-state index >= 15 is 4.39 Å². The van der Waals surface area contributed by atoms with Crippen molar-refractivity contribution in [3.05, 3.63) is 59.7 Å². The molecule has 1 saturated heterocycles. The minimum Gasteiger partial charge on any atom is -0.338 e. The van der Waals surface area contributed by atoms with Crippen LogP contribution in [0.1, 0.15) is 32.3 Å². The average molecular weight is 481 g/mol. The Hall–Kier alpha value is -2.39. The first-order chi connectivity index (χ1) is 15.4. The van der Waals surface area contributed by atoms with E-state index in [0.717, 1.165) is 18.4 Å². The number of nitrogens with one attached hydrogen (secondary N) is 1. The van der Waals surface area contributed by atoms with Crippen molar-refractivity contribution in [3.63, 3.8) is 0 Å². The molecule has 2 aliphatic rings. The summed E-state index contributed by atoms with van der Waals surface area (Å²) in [7, 11) is -3.49. The standard InChI is InChI=1S/C24H27F3N2O3S/c1-14(2)22(28-33(3,31)32)20-11-12-29(20)23(30)17-13-24(17,27)16-8-5-4-7-15(16)21-18(25)9-6-10-19(21)26/h4-10,14,17,20,22,28H,11-13H2,1-3H3/t17-,20-,22?,24+/m0/s1. The van der Waals surface area contributed by atoms with Crippen LogP contribution in [0.3, 0.4) is 0 Å². The molecular weight excluding hydrogens is 453 g/mol. The Bertz CT molecular complexity index is 1170. The monoisotopic (exact) mass is 480 g/mol. The van der Waals surface area contributed by atoms with Gasteiger partial charge in [0.1, 0.15) is 17.3 Å². The summed E-state index contributed by atoms with van der Waals surface area (Å²) < 4.78 is 71.1. The van der Waals surface area contributed by atoms with Crippen molar-refractivity contribution in [1.82, 2.24) is 9.62 Å². The van der Waals surface area contributed by atoms with E-state index in [4.69, 9.17) is 0 Å². The quantitative estimate of drug-likeness (QED) is 0.652. The number of carbonyl (C=O) groups excluding carboxylic acids is 1. The molecule has 0 spiro atoms. The van der Waals surface area contributed by atoms with E-state index in [0.29, 0.717) is 13.0 Å². The molecule has 1 amide bonds. The third-order valence-corrected chi connectivity index (χ3v) is 7.33. The van der Waals surface area contributed by atoms with E-state index in [-0.39, 0.29) is 35.1 Å². The van der Waals surface area contributed by atoms with Gasteiger partial charge in [0.25, 0.3) is 0 Å². The van der Waals surface area contributed by atoms with Crippen molar-refractivity contribution >= 4 is 15.9 Å². The minimum absolute atomic E-state index is 0.0700. The fraction of sp³-hybridized carbons (Fsp3) is 0.458. The third-order valence-electron chi connectivity index (χ3n) is 6.63. The Labute approximate surface area is 192 Å². The molecule has 33 heavy (non-hydrogen) atoms. The van der Waals surface area contributed by atoms with Crippen LogP contribution in [0.2, 0.25) is 0 Å². The fourth-order valence-corrected chi connectivity index (χ4v) is 5.72. The van der Waals surface area contributed by atoms with E-state index in [9.17, 15) is 22.0 Å². The number of likely N-dealkylation sites (tertiary alicyclic amines) is 1. The molecule has 9 heteroatoms. The molecule has 1 unspecified atom stereocenters. The minimum atomic E-state index is -3.49. The highest BCUT2D eigenvalue weighted by Gasteiger charge is 2.63. The second kappa shape index (κ2) is 8.43. The van der Waals surface area contributed by atoms with Crippen molar-refractivity contribution < 1.29 is 26.4 Å². The van der Waals surface area contributed by atoms with E-state index in [1.165, 1.54) is 23.1 Å². The zero-order valence-electron chi connectivity index (χ0n) is 18.7. The third kappa shape index (κ3) is 4.40. The summed E-state index contributed by atoms with van der Waals surface area (Å²) in [6, 6.07) is 8.69. The zero-order chi connectivity index (χ0) is 24.1. The van der Waals surface area contributed by atoms with E-state index < -0.39 is 45.2 Å². The Kier molecular flexibility index (Phi) is 6.07. The number of sulfonamides is 1. The molecule has 5 nitrogen and oxygen atoms in total. The Balaban J connectivity index is 1.60. The summed E-state index contributed by atoms with van der Waals surface area (Å²) in [6.07, 6.45) is 1.59. The largest absolute Gasteiger partial charge is 0.338 e. The number of amides is 1. The lowest BCUT2D eigenvalue weighted by molar-refractivity contribution is -0.143. The Morgan fingerprint density at radius 1 is 1.12 bits per heavy atom. The molecule has 0 bridgehead atoms. The lowest BCUT2D eigenvalue weighted by Crippen LogP contribution is -2.63.